The topological polar surface area (TPSA) is 66.8 Å². The maximum Gasteiger partial charge on any atom is 0.382 e. The highest BCUT2D eigenvalue weighted by atomic mass is 17.1. The molecule has 0 aliphatic rings. The van der Waals surface area contributed by atoms with Gasteiger partial charge in [0.1, 0.15) is 0 Å². The first-order valence-corrected chi connectivity index (χ1v) is 7.05. The minimum absolute atomic E-state index is 0.297. The average Bonchev–Trinajstić information content (AvgIpc) is 2.53. The van der Waals surface area contributed by atoms with Crippen molar-refractivity contribution in [2.45, 2.75) is 31.8 Å². The molecular formula is C18H20O4. The molecule has 1 atom stereocenters. The zero-order valence-corrected chi connectivity index (χ0v) is 12.9. The highest BCUT2D eigenvalue weighted by Crippen LogP contribution is 2.37. The second kappa shape index (κ2) is 5.91. The molecule has 2 N–H and O–H groups in total. The Morgan fingerprint density at radius 2 is 1.41 bits per heavy atom. The molecule has 22 heavy (non-hydrogen) atoms. The Morgan fingerprint density at radius 1 is 0.909 bits per heavy atom. The molecule has 2 aromatic carbocycles. The van der Waals surface area contributed by atoms with E-state index < -0.39 is 11.6 Å². The fourth-order valence-electron chi connectivity index (χ4n) is 2.58. The van der Waals surface area contributed by atoms with E-state index in [9.17, 15) is 9.90 Å². The highest BCUT2D eigenvalue weighted by Gasteiger charge is 2.44. The molecule has 0 aliphatic heterocycles. The van der Waals surface area contributed by atoms with E-state index in [1.807, 2.05) is 32.9 Å². The van der Waals surface area contributed by atoms with E-state index in [0.29, 0.717) is 11.1 Å². The lowest BCUT2D eigenvalue weighted by Gasteiger charge is -2.31. The van der Waals surface area contributed by atoms with Crippen LogP contribution in [0, 0.1) is 0 Å². The average molecular weight is 300 g/mol. The van der Waals surface area contributed by atoms with Crippen LogP contribution in [0.1, 0.15) is 37.5 Å². The maximum atomic E-state index is 12.2. The summed E-state index contributed by atoms with van der Waals surface area (Å²) in [6.07, 6.45) is 0. The molecule has 4 nitrogen and oxygen atoms in total. The molecule has 0 bridgehead atoms. The molecule has 2 aromatic rings. The van der Waals surface area contributed by atoms with Crippen LogP contribution in [0.3, 0.4) is 0 Å². The zero-order valence-electron chi connectivity index (χ0n) is 12.9. The minimum Gasteiger partial charge on any atom is -0.370 e. The van der Waals surface area contributed by atoms with Crippen LogP contribution in [0.15, 0.2) is 54.6 Å². The predicted octanol–water partition coefficient (Wildman–Crippen LogP) is 3.24. The summed E-state index contributed by atoms with van der Waals surface area (Å²) >= 11 is 0. The SMILES string of the molecule is CC(C)(C)c1ccccc1C(O)(C(=O)OO)c1ccccc1. The van der Waals surface area contributed by atoms with Gasteiger partial charge >= 0.3 is 5.97 Å². The molecule has 4 heteroatoms. The lowest BCUT2D eigenvalue weighted by Crippen LogP contribution is -2.40. The van der Waals surface area contributed by atoms with Crippen LogP contribution < -0.4 is 0 Å². The van der Waals surface area contributed by atoms with Crippen LogP contribution in [0.25, 0.3) is 0 Å². The van der Waals surface area contributed by atoms with Crippen molar-refractivity contribution in [2.75, 3.05) is 0 Å². The predicted molar refractivity (Wildman–Crippen MR) is 83.3 cm³/mol. The molecule has 0 amide bonds. The van der Waals surface area contributed by atoms with Crippen LogP contribution in [0.5, 0.6) is 0 Å². The summed E-state index contributed by atoms with van der Waals surface area (Å²) in [4.78, 5) is 16.1. The molecule has 2 rings (SSSR count). The smallest absolute Gasteiger partial charge is 0.370 e. The van der Waals surface area contributed by atoms with E-state index in [4.69, 9.17) is 5.26 Å². The molecule has 0 saturated carbocycles. The lowest BCUT2D eigenvalue weighted by molar-refractivity contribution is -0.249. The summed E-state index contributed by atoms with van der Waals surface area (Å²) in [6, 6.07) is 15.6. The fraction of sp³-hybridized carbons (Fsp3) is 0.278. The molecule has 0 saturated heterocycles. The van der Waals surface area contributed by atoms with Gasteiger partial charge in [-0.25, -0.2) is 4.79 Å². The molecule has 0 heterocycles. The van der Waals surface area contributed by atoms with Gasteiger partial charge in [-0.1, -0.05) is 75.4 Å². The molecule has 0 radical (unpaired) electrons. The van der Waals surface area contributed by atoms with Crippen LogP contribution in [-0.2, 0) is 20.7 Å². The molecule has 116 valence electrons. The third-order valence-electron chi connectivity index (χ3n) is 3.69. The van der Waals surface area contributed by atoms with Gasteiger partial charge < -0.3 is 5.11 Å². The summed E-state index contributed by atoms with van der Waals surface area (Å²) in [5.74, 6) is -1.13. The monoisotopic (exact) mass is 300 g/mol. The Morgan fingerprint density at radius 3 is 1.91 bits per heavy atom. The molecular weight excluding hydrogens is 280 g/mol. The van der Waals surface area contributed by atoms with Crippen molar-refractivity contribution in [2.24, 2.45) is 0 Å². The van der Waals surface area contributed by atoms with E-state index in [0.717, 1.165) is 5.56 Å². The molecule has 1 unspecified atom stereocenters. The number of rotatable bonds is 3. The number of aliphatic hydroxyl groups is 1. The Hall–Kier alpha value is -2.17. The van der Waals surface area contributed by atoms with Gasteiger partial charge in [0.25, 0.3) is 0 Å². The molecule has 0 aliphatic carbocycles. The minimum atomic E-state index is -2.07. The number of hydrogen-bond donors (Lipinski definition) is 2. The first kappa shape index (κ1) is 16.2. The lowest BCUT2D eigenvalue weighted by atomic mass is 9.76. The van der Waals surface area contributed by atoms with Gasteiger partial charge in [0.05, 0.1) is 0 Å². The summed E-state index contributed by atoms with van der Waals surface area (Å²) in [6.45, 7) is 5.96. The number of hydrogen-bond acceptors (Lipinski definition) is 4. The van der Waals surface area contributed by atoms with Crippen LogP contribution in [0.2, 0.25) is 0 Å². The van der Waals surface area contributed by atoms with Gasteiger partial charge in [-0.3, -0.25) is 4.89 Å². The van der Waals surface area contributed by atoms with E-state index in [1.54, 1.807) is 42.5 Å². The van der Waals surface area contributed by atoms with Crippen LogP contribution in [-0.4, -0.2) is 16.3 Å². The van der Waals surface area contributed by atoms with Crippen molar-refractivity contribution in [1.82, 2.24) is 0 Å². The Labute approximate surface area is 129 Å². The molecule has 0 fully saturated rings. The fourth-order valence-corrected chi connectivity index (χ4v) is 2.58. The van der Waals surface area contributed by atoms with Crippen molar-refractivity contribution < 1.29 is 20.0 Å². The van der Waals surface area contributed by atoms with Gasteiger partial charge in [-0.15, -0.1) is 0 Å². The number of benzene rings is 2. The Bertz CT molecular complexity index is 658. The van der Waals surface area contributed by atoms with Gasteiger partial charge in [-0.05, 0) is 16.5 Å². The molecule has 0 spiro atoms. The summed E-state index contributed by atoms with van der Waals surface area (Å²) in [7, 11) is 0. The second-order valence-corrected chi connectivity index (χ2v) is 6.25. The van der Waals surface area contributed by atoms with Gasteiger partial charge in [0, 0.05) is 5.56 Å². The van der Waals surface area contributed by atoms with Crippen LogP contribution >= 0.6 is 0 Å². The quantitative estimate of drug-likeness (QED) is 0.674. The zero-order chi connectivity index (χ0) is 16.4. The Kier molecular flexibility index (Phi) is 4.35. The van der Waals surface area contributed by atoms with Gasteiger partial charge in [0.15, 0.2) is 0 Å². The van der Waals surface area contributed by atoms with Crippen molar-refractivity contribution in [3.63, 3.8) is 0 Å². The molecule has 0 aromatic heterocycles. The van der Waals surface area contributed by atoms with Crippen molar-refractivity contribution >= 4 is 5.97 Å². The third kappa shape index (κ3) is 2.75. The van der Waals surface area contributed by atoms with Crippen molar-refractivity contribution in [1.29, 1.82) is 0 Å². The van der Waals surface area contributed by atoms with Crippen LogP contribution in [0.4, 0.5) is 0 Å². The number of carbonyl (C=O) groups excluding carboxylic acids is 1. The standard InChI is InChI=1S/C18H20O4/c1-17(2,3)14-11-7-8-12-15(14)18(20,16(19)22-21)13-9-5-4-6-10-13/h4-12,20-21H,1-3H3. The summed E-state index contributed by atoms with van der Waals surface area (Å²) in [5.41, 5.74) is -0.833. The van der Waals surface area contributed by atoms with E-state index in [2.05, 4.69) is 4.89 Å². The first-order chi connectivity index (χ1) is 10.3. The van der Waals surface area contributed by atoms with Gasteiger partial charge in [-0.2, -0.15) is 5.26 Å². The third-order valence-corrected chi connectivity index (χ3v) is 3.69. The second-order valence-electron chi connectivity index (χ2n) is 6.25. The Balaban J connectivity index is 2.75. The largest absolute Gasteiger partial charge is 0.382 e. The van der Waals surface area contributed by atoms with Crippen molar-refractivity contribution in [3.05, 3.63) is 71.3 Å². The first-order valence-electron chi connectivity index (χ1n) is 7.05. The normalized spacial score (nSPS) is 14.2. The van der Waals surface area contributed by atoms with Crippen molar-refractivity contribution in [3.8, 4) is 0 Å². The maximum absolute atomic E-state index is 12.2. The van der Waals surface area contributed by atoms with E-state index in [-0.39, 0.29) is 5.41 Å². The summed E-state index contributed by atoms with van der Waals surface area (Å²) < 4.78 is 0. The summed E-state index contributed by atoms with van der Waals surface area (Å²) in [5, 5.41) is 20.0. The van der Waals surface area contributed by atoms with E-state index in [1.165, 1.54) is 0 Å². The highest BCUT2D eigenvalue weighted by molar-refractivity contribution is 5.85. The van der Waals surface area contributed by atoms with E-state index >= 15 is 0 Å². The van der Waals surface area contributed by atoms with Gasteiger partial charge in [0.2, 0.25) is 5.60 Å². The number of carbonyl (C=O) groups is 1.